The number of aromatic nitrogens is 3. The summed E-state index contributed by atoms with van der Waals surface area (Å²) < 4.78 is 1.78. The van der Waals surface area contributed by atoms with Crippen molar-refractivity contribution >= 4 is 22.9 Å². The van der Waals surface area contributed by atoms with E-state index in [1.807, 2.05) is 49.8 Å². The van der Waals surface area contributed by atoms with Crippen LogP contribution in [0.5, 0.6) is 0 Å². The lowest BCUT2D eigenvalue weighted by atomic mass is 9.70. The quantitative estimate of drug-likeness (QED) is 0.514. The lowest BCUT2D eigenvalue weighted by molar-refractivity contribution is 0.103. The predicted molar refractivity (Wildman–Crippen MR) is 110 cm³/mol. The van der Waals surface area contributed by atoms with E-state index in [4.69, 9.17) is 5.41 Å². The van der Waals surface area contributed by atoms with Gasteiger partial charge < -0.3 is 10.4 Å². The number of benzene rings is 2. The van der Waals surface area contributed by atoms with Gasteiger partial charge in [0.25, 0.3) is 0 Å². The van der Waals surface area contributed by atoms with Crippen molar-refractivity contribution in [3.8, 4) is 11.1 Å². The summed E-state index contributed by atoms with van der Waals surface area (Å²) in [6.07, 6.45) is 5.14. The van der Waals surface area contributed by atoms with Crippen LogP contribution in [-0.2, 0) is 12.5 Å². The SMILES string of the molecule is Cn1cc(-c2ccc3c(c2)C(C)(C)c2[nH]c4cc(C=N)ccc4c2C3=O)cn1. The summed E-state index contributed by atoms with van der Waals surface area (Å²) in [5.41, 5.74) is 6.90. The molecule has 5 rings (SSSR count). The Morgan fingerprint density at radius 1 is 1.14 bits per heavy atom. The monoisotopic (exact) mass is 368 g/mol. The molecule has 0 fully saturated rings. The third-order valence-electron chi connectivity index (χ3n) is 5.82. The minimum Gasteiger partial charge on any atom is -0.357 e. The number of ketones is 1. The van der Waals surface area contributed by atoms with Gasteiger partial charge in [0.15, 0.2) is 5.78 Å². The van der Waals surface area contributed by atoms with E-state index in [0.29, 0.717) is 0 Å². The highest BCUT2D eigenvalue weighted by molar-refractivity contribution is 6.20. The third-order valence-corrected chi connectivity index (χ3v) is 5.82. The summed E-state index contributed by atoms with van der Waals surface area (Å²) in [6, 6.07) is 11.8. The summed E-state index contributed by atoms with van der Waals surface area (Å²) >= 11 is 0. The molecular formula is C23H20N4O. The highest BCUT2D eigenvalue weighted by atomic mass is 16.1. The largest absolute Gasteiger partial charge is 0.357 e. The zero-order valence-corrected chi connectivity index (χ0v) is 16.0. The molecule has 2 N–H and O–H groups in total. The van der Waals surface area contributed by atoms with Gasteiger partial charge in [-0.2, -0.15) is 5.10 Å². The van der Waals surface area contributed by atoms with Crippen molar-refractivity contribution in [3.63, 3.8) is 0 Å². The molecule has 2 aromatic carbocycles. The molecule has 0 unspecified atom stereocenters. The molecule has 0 spiro atoms. The number of aromatic amines is 1. The van der Waals surface area contributed by atoms with Gasteiger partial charge in [0, 0.05) is 52.6 Å². The minimum atomic E-state index is -0.347. The smallest absolute Gasteiger partial charge is 0.195 e. The van der Waals surface area contributed by atoms with E-state index >= 15 is 0 Å². The van der Waals surface area contributed by atoms with Crippen molar-refractivity contribution in [2.75, 3.05) is 0 Å². The maximum atomic E-state index is 13.4. The number of nitrogens with zero attached hydrogens (tertiary/aromatic N) is 2. The molecule has 2 aromatic heterocycles. The number of H-pyrrole nitrogens is 1. The second-order valence-electron chi connectivity index (χ2n) is 7.94. The van der Waals surface area contributed by atoms with Crippen LogP contribution in [-0.4, -0.2) is 26.8 Å². The van der Waals surface area contributed by atoms with Gasteiger partial charge in [-0.3, -0.25) is 9.48 Å². The van der Waals surface area contributed by atoms with Crippen LogP contribution in [0.3, 0.4) is 0 Å². The number of carbonyl (C=O) groups excluding carboxylic acids is 1. The number of hydrogen-bond acceptors (Lipinski definition) is 3. The first-order valence-electron chi connectivity index (χ1n) is 9.25. The van der Waals surface area contributed by atoms with Crippen LogP contribution < -0.4 is 0 Å². The van der Waals surface area contributed by atoms with E-state index in [2.05, 4.69) is 30.0 Å². The van der Waals surface area contributed by atoms with Crippen LogP contribution >= 0.6 is 0 Å². The topological polar surface area (TPSA) is 74.5 Å². The Labute approximate surface area is 162 Å². The fourth-order valence-corrected chi connectivity index (χ4v) is 4.29. The second-order valence-corrected chi connectivity index (χ2v) is 7.94. The summed E-state index contributed by atoms with van der Waals surface area (Å²) in [5.74, 6) is 0.0518. The number of nitrogens with one attached hydrogen (secondary N) is 2. The fraction of sp³-hybridized carbons (Fsp3) is 0.174. The summed E-state index contributed by atoms with van der Waals surface area (Å²) in [7, 11) is 1.90. The first-order chi connectivity index (χ1) is 13.4. The first-order valence-corrected chi connectivity index (χ1v) is 9.25. The molecule has 0 radical (unpaired) electrons. The molecule has 0 saturated carbocycles. The van der Waals surface area contributed by atoms with Crippen LogP contribution in [0.1, 0.15) is 46.6 Å². The second kappa shape index (κ2) is 5.52. The van der Waals surface area contributed by atoms with Crippen LogP contribution in [0.25, 0.3) is 22.0 Å². The summed E-state index contributed by atoms with van der Waals surface area (Å²) in [5, 5.41) is 12.7. The van der Waals surface area contributed by atoms with E-state index in [-0.39, 0.29) is 11.2 Å². The minimum absolute atomic E-state index is 0.0518. The highest BCUT2D eigenvalue weighted by Gasteiger charge is 2.39. The van der Waals surface area contributed by atoms with E-state index in [1.165, 1.54) is 6.21 Å². The molecule has 0 bridgehead atoms. The Hall–Kier alpha value is -3.47. The molecule has 5 heteroatoms. The van der Waals surface area contributed by atoms with Gasteiger partial charge in [-0.1, -0.05) is 38.1 Å². The van der Waals surface area contributed by atoms with Gasteiger partial charge in [-0.25, -0.2) is 0 Å². The lowest BCUT2D eigenvalue weighted by Crippen LogP contribution is -2.30. The van der Waals surface area contributed by atoms with Gasteiger partial charge >= 0.3 is 0 Å². The number of carbonyl (C=O) groups is 1. The van der Waals surface area contributed by atoms with Gasteiger partial charge in [-0.05, 0) is 28.8 Å². The Morgan fingerprint density at radius 2 is 1.96 bits per heavy atom. The number of rotatable bonds is 2. The Morgan fingerprint density at radius 3 is 2.68 bits per heavy atom. The van der Waals surface area contributed by atoms with Crippen molar-refractivity contribution in [2.24, 2.45) is 7.05 Å². The van der Waals surface area contributed by atoms with Crippen LogP contribution in [0.2, 0.25) is 0 Å². The van der Waals surface area contributed by atoms with E-state index in [1.54, 1.807) is 4.68 Å². The van der Waals surface area contributed by atoms with Crippen molar-refractivity contribution in [1.82, 2.24) is 14.8 Å². The average molecular weight is 368 g/mol. The molecule has 2 heterocycles. The maximum Gasteiger partial charge on any atom is 0.195 e. The van der Waals surface area contributed by atoms with E-state index < -0.39 is 0 Å². The maximum absolute atomic E-state index is 13.4. The first kappa shape index (κ1) is 16.7. The predicted octanol–water partition coefficient (Wildman–Crippen LogP) is 4.44. The Kier molecular flexibility index (Phi) is 3.29. The Bertz CT molecular complexity index is 1290. The molecule has 138 valence electrons. The average Bonchev–Trinajstić information content (AvgIpc) is 3.29. The van der Waals surface area contributed by atoms with Gasteiger partial charge in [0.1, 0.15) is 0 Å². The van der Waals surface area contributed by atoms with Gasteiger partial charge in [-0.15, -0.1) is 0 Å². The number of aryl methyl sites for hydroxylation is 1. The molecule has 4 aromatic rings. The highest BCUT2D eigenvalue weighted by Crippen LogP contribution is 2.44. The normalized spacial score (nSPS) is 14.8. The zero-order valence-electron chi connectivity index (χ0n) is 16.0. The lowest BCUT2D eigenvalue weighted by Gasteiger charge is -2.32. The number of hydrogen-bond donors (Lipinski definition) is 2. The van der Waals surface area contributed by atoms with Crippen molar-refractivity contribution in [2.45, 2.75) is 19.3 Å². The molecule has 0 aliphatic heterocycles. The standard InChI is InChI=1S/C23H20N4O/c1-23(2)18-9-14(15-11-25-27(3)12-15)5-7-16(18)21(28)20-17-6-4-13(10-24)8-19(17)26-22(20)23/h4-12,24,26H,1-3H3. The molecule has 28 heavy (non-hydrogen) atoms. The van der Waals surface area contributed by atoms with E-state index in [9.17, 15) is 4.79 Å². The molecule has 0 amide bonds. The van der Waals surface area contributed by atoms with Crippen LogP contribution in [0.15, 0.2) is 48.8 Å². The Balaban J connectivity index is 1.75. The number of fused-ring (bicyclic) bond motifs is 4. The van der Waals surface area contributed by atoms with Gasteiger partial charge in [0.05, 0.1) is 11.8 Å². The van der Waals surface area contributed by atoms with Crippen molar-refractivity contribution in [1.29, 1.82) is 5.41 Å². The van der Waals surface area contributed by atoms with Crippen LogP contribution in [0.4, 0.5) is 0 Å². The van der Waals surface area contributed by atoms with Gasteiger partial charge in [0.2, 0.25) is 0 Å². The molecular weight excluding hydrogens is 348 g/mol. The molecule has 5 nitrogen and oxygen atoms in total. The fourth-order valence-electron chi connectivity index (χ4n) is 4.29. The van der Waals surface area contributed by atoms with E-state index in [0.717, 1.165) is 50.0 Å². The molecule has 1 aliphatic rings. The summed E-state index contributed by atoms with van der Waals surface area (Å²) in [6.45, 7) is 4.30. The third kappa shape index (κ3) is 2.16. The molecule has 0 saturated heterocycles. The van der Waals surface area contributed by atoms with Crippen LogP contribution in [0, 0.1) is 5.41 Å². The molecule has 1 aliphatic carbocycles. The summed E-state index contributed by atoms with van der Waals surface area (Å²) in [4.78, 5) is 16.9. The van der Waals surface area contributed by atoms with Crippen molar-refractivity contribution in [3.05, 3.63) is 76.7 Å². The zero-order chi connectivity index (χ0) is 19.6. The molecule has 0 atom stereocenters. The van der Waals surface area contributed by atoms with Crippen molar-refractivity contribution < 1.29 is 4.79 Å².